The van der Waals surface area contributed by atoms with E-state index in [0.717, 1.165) is 0 Å². The first-order valence-electron chi connectivity index (χ1n) is 8.53. The highest BCUT2D eigenvalue weighted by Gasteiger charge is 2.42. The zero-order chi connectivity index (χ0) is 18.9. The van der Waals surface area contributed by atoms with Crippen LogP contribution in [0.3, 0.4) is 0 Å². The fourth-order valence-corrected chi connectivity index (χ4v) is 4.08. The number of piperazine rings is 1. The topological polar surface area (TPSA) is 74.6 Å². The number of anilines is 2. The monoisotopic (exact) mass is 376 g/mol. The summed E-state index contributed by atoms with van der Waals surface area (Å²) >= 11 is 6.56. The number of halogens is 1. The molecule has 0 bridgehead atoms. The van der Waals surface area contributed by atoms with E-state index in [0.29, 0.717) is 46.3 Å². The molecule has 8 nitrogen and oxygen atoms in total. The summed E-state index contributed by atoms with van der Waals surface area (Å²) in [4.78, 5) is 40.2. The van der Waals surface area contributed by atoms with Gasteiger partial charge in [0.15, 0.2) is 0 Å². The van der Waals surface area contributed by atoms with Gasteiger partial charge < -0.3 is 9.80 Å². The summed E-state index contributed by atoms with van der Waals surface area (Å²) in [5.41, 5.74) is 1.24. The molecule has 1 fully saturated rings. The van der Waals surface area contributed by atoms with Gasteiger partial charge in [-0.05, 0) is 20.9 Å². The van der Waals surface area contributed by atoms with Gasteiger partial charge in [0.2, 0.25) is 0 Å². The van der Waals surface area contributed by atoms with Crippen LogP contribution in [0.2, 0.25) is 5.02 Å². The van der Waals surface area contributed by atoms with Crippen molar-refractivity contribution in [3.63, 3.8) is 0 Å². The average molecular weight is 377 g/mol. The molecule has 2 unspecified atom stereocenters. The molecular weight excluding hydrogens is 356 g/mol. The molecule has 2 atom stereocenters. The predicted octanol–water partition coefficient (Wildman–Crippen LogP) is 0.776. The van der Waals surface area contributed by atoms with Gasteiger partial charge in [-0.2, -0.15) is 4.98 Å². The first-order valence-corrected chi connectivity index (χ1v) is 8.91. The number of amides is 1. The van der Waals surface area contributed by atoms with Crippen molar-refractivity contribution in [1.82, 2.24) is 19.4 Å². The number of fused-ring (bicyclic) bond motifs is 2. The third kappa shape index (κ3) is 2.18. The van der Waals surface area contributed by atoms with Gasteiger partial charge in [-0.3, -0.25) is 14.3 Å². The minimum atomic E-state index is -0.423. The predicted molar refractivity (Wildman–Crippen MR) is 101 cm³/mol. The van der Waals surface area contributed by atoms with Crippen molar-refractivity contribution >= 4 is 40.0 Å². The van der Waals surface area contributed by atoms with E-state index in [1.54, 1.807) is 25.9 Å². The second-order valence-corrected chi connectivity index (χ2v) is 7.57. The summed E-state index contributed by atoms with van der Waals surface area (Å²) in [6.45, 7) is 5.02. The van der Waals surface area contributed by atoms with Crippen molar-refractivity contribution < 1.29 is 4.79 Å². The molecule has 2 aromatic rings. The Hall–Kier alpha value is -2.19. The smallest absolute Gasteiger partial charge is 0.341 e. The zero-order valence-electron chi connectivity index (χ0n) is 15.4. The van der Waals surface area contributed by atoms with E-state index >= 15 is 0 Å². The molecule has 9 heteroatoms. The van der Waals surface area contributed by atoms with Crippen LogP contribution in [0.5, 0.6) is 0 Å². The van der Waals surface area contributed by atoms with Crippen molar-refractivity contribution in [2.75, 3.05) is 37.0 Å². The molecule has 0 saturated carbocycles. The molecule has 1 amide bonds. The van der Waals surface area contributed by atoms with Crippen LogP contribution >= 0.6 is 11.6 Å². The number of nitrogens with zero attached hydrogens (tertiary/aromatic N) is 6. The van der Waals surface area contributed by atoms with Gasteiger partial charge in [-0.15, -0.1) is 0 Å². The third-order valence-corrected chi connectivity index (χ3v) is 6.02. The lowest BCUT2D eigenvalue weighted by Gasteiger charge is -2.43. The van der Waals surface area contributed by atoms with Crippen molar-refractivity contribution in [2.45, 2.75) is 25.9 Å². The van der Waals surface area contributed by atoms with Gasteiger partial charge in [0.05, 0.1) is 21.8 Å². The van der Waals surface area contributed by atoms with Gasteiger partial charge in [0.1, 0.15) is 17.5 Å². The van der Waals surface area contributed by atoms with Crippen LogP contribution in [-0.2, 0) is 11.8 Å². The quantitative estimate of drug-likeness (QED) is 0.676. The van der Waals surface area contributed by atoms with Crippen LogP contribution in [0.25, 0.3) is 11.0 Å². The van der Waals surface area contributed by atoms with E-state index in [2.05, 4.69) is 21.8 Å². The van der Waals surface area contributed by atoms with Crippen LogP contribution < -0.4 is 15.5 Å². The van der Waals surface area contributed by atoms with Crippen LogP contribution in [-0.4, -0.2) is 64.6 Å². The molecule has 2 aromatic heterocycles. The zero-order valence-corrected chi connectivity index (χ0v) is 16.2. The molecule has 2 aliphatic heterocycles. The Kier molecular flexibility index (Phi) is 3.75. The van der Waals surface area contributed by atoms with E-state index in [4.69, 9.17) is 11.6 Å². The summed E-state index contributed by atoms with van der Waals surface area (Å²) in [7, 11) is 5.35. The Balaban J connectivity index is 2.14. The highest BCUT2D eigenvalue weighted by Crippen LogP contribution is 2.42. The minimum absolute atomic E-state index is 0.0642. The molecule has 2 aliphatic rings. The normalized spacial score (nSPS) is 23.4. The average Bonchev–Trinajstić information content (AvgIpc) is 2.67. The second kappa shape index (κ2) is 5.65. The van der Waals surface area contributed by atoms with E-state index in [-0.39, 0.29) is 11.9 Å². The van der Waals surface area contributed by atoms with E-state index in [9.17, 15) is 9.59 Å². The number of hydrogen-bond donors (Lipinski definition) is 0. The number of carbonyl (C=O) groups is 1. The van der Waals surface area contributed by atoms with Gasteiger partial charge in [-0.25, -0.2) is 9.78 Å². The Morgan fingerprint density at radius 3 is 2.50 bits per heavy atom. The molecule has 4 rings (SSSR count). The van der Waals surface area contributed by atoms with E-state index < -0.39 is 11.7 Å². The highest BCUT2D eigenvalue weighted by atomic mass is 35.5. The van der Waals surface area contributed by atoms with E-state index in [1.807, 2.05) is 11.9 Å². The van der Waals surface area contributed by atoms with Crippen molar-refractivity contribution in [2.24, 2.45) is 7.05 Å². The summed E-state index contributed by atoms with van der Waals surface area (Å²) in [6, 6.07) is -0.200. The first kappa shape index (κ1) is 17.2. The molecule has 138 valence electrons. The van der Waals surface area contributed by atoms with Crippen molar-refractivity contribution in [3.05, 3.63) is 21.2 Å². The molecular formula is C17H21ClN6O2. The maximum Gasteiger partial charge on any atom is 0.350 e. The van der Waals surface area contributed by atoms with Crippen molar-refractivity contribution in [3.8, 4) is 0 Å². The fourth-order valence-electron chi connectivity index (χ4n) is 3.82. The van der Waals surface area contributed by atoms with Crippen molar-refractivity contribution in [1.29, 1.82) is 0 Å². The molecule has 0 aromatic carbocycles. The summed E-state index contributed by atoms with van der Waals surface area (Å²) < 4.78 is 1.41. The SMILES string of the molecule is Cc1nc2c3c(nc(=O)n2C)N2CC(C)N(C)CC2C(=O)N(C)c3c1Cl. The summed E-state index contributed by atoms with van der Waals surface area (Å²) in [5, 5.41) is 1.06. The molecule has 1 saturated heterocycles. The minimum Gasteiger partial charge on any atom is -0.341 e. The van der Waals surface area contributed by atoms with Gasteiger partial charge in [0, 0.05) is 33.2 Å². The summed E-state index contributed by atoms with van der Waals surface area (Å²) in [5.74, 6) is 0.431. The van der Waals surface area contributed by atoms with Crippen LogP contribution in [0, 0.1) is 6.92 Å². The Bertz CT molecular complexity index is 1000. The number of rotatable bonds is 0. The van der Waals surface area contributed by atoms with Crippen LogP contribution in [0.15, 0.2) is 4.79 Å². The van der Waals surface area contributed by atoms with Crippen LogP contribution in [0.1, 0.15) is 12.6 Å². The maximum absolute atomic E-state index is 13.2. The first-order chi connectivity index (χ1) is 12.2. The number of likely N-dealkylation sites (N-methyl/N-ethyl adjacent to an activating group) is 2. The van der Waals surface area contributed by atoms with Gasteiger partial charge in [0.25, 0.3) is 5.91 Å². The Labute approximate surface area is 156 Å². The standard InChI is InChI=1S/C17H21ClN6O2/c1-8-6-24-10(7-21(8)3)16(25)22(4)13-11-14(19-9(2)12(13)18)23(5)17(26)20-15(11)24/h8,10H,6-7H2,1-5H3. The van der Waals surface area contributed by atoms with E-state index in [1.165, 1.54) is 4.57 Å². The molecule has 0 aliphatic carbocycles. The lowest BCUT2D eigenvalue weighted by atomic mass is 10.1. The number of aromatic nitrogens is 3. The third-order valence-electron chi connectivity index (χ3n) is 5.56. The molecule has 4 heterocycles. The second-order valence-electron chi connectivity index (χ2n) is 7.19. The fraction of sp³-hybridized carbons (Fsp3) is 0.529. The van der Waals surface area contributed by atoms with Crippen LogP contribution in [0.4, 0.5) is 11.5 Å². The maximum atomic E-state index is 13.2. The molecule has 26 heavy (non-hydrogen) atoms. The number of carbonyl (C=O) groups excluding carboxylic acids is 1. The molecule has 0 radical (unpaired) electrons. The molecule has 0 N–H and O–H groups in total. The van der Waals surface area contributed by atoms with Gasteiger partial charge >= 0.3 is 5.69 Å². The lowest BCUT2D eigenvalue weighted by Crippen LogP contribution is -2.61. The number of pyridine rings is 1. The largest absolute Gasteiger partial charge is 0.350 e. The highest BCUT2D eigenvalue weighted by molar-refractivity contribution is 6.37. The Morgan fingerprint density at radius 2 is 1.81 bits per heavy atom. The molecule has 0 spiro atoms. The van der Waals surface area contributed by atoms with Gasteiger partial charge in [-0.1, -0.05) is 11.6 Å². The Morgan fingerprint density at radius 1 is 1.12 bits per heavy atom. The number of hydrogen-bond acceptors (Lipinski definition) is 6. The number of aryl methyl sites for hydroxylation is 2. The lowest BCUT2D eigenvalue weighted by molar-refractivity contribution is -0.120. The summed E-state index contributed by atoms with van der Waals surface area (Å²) in [6.07, 6.45) is 0.